The van der Waals surface area contributed by atoms with Gasteiger partial charge in [0.15, 0.2) is 0 Å². The van der Waals surface area contributed by atoms with E-state index in [1.165, 1.54) is 5.56 Å². The Balaban J connectivity index is 2.11. The molecule has 1 heterocycles. The summed E-state index contributed by atoms with van der Waals surface area (Å²) in [6.07, 6.45) is 0. The van der Waals surface area contributed by atoms with Gasteiger partial charge < -0.3 is 11.1 Å². The molecule has 1 aromatic carbocycles. The van der Waals surface area contributed by atoms with E-state index < -0.39 is 0 Å². The zero-order valence-corrected chi connectivity index (χ0v) is 12.6. The molecule has 3 nitrogen and oxygen atoms in total. The zero-order chi connectivity index (χ0) is 14.5. The molecule has 1 atom stereocenters. The van der Waals surface area contributed by atoms with Crippen molar-refractivity contribution in [1.29, 1.82) is 0 Å². The monoisotopic (exact) mass is 285 g/mol. The quantitative estimate of drug-likeness (QED) is 0.828. The van der Waals surface area contributed by atoms with Crippen LogP contribution in [0.4, 0.5) is 5.82 Å². The summed E-state index contributed by atoms with van der Waals surface area (Å²) >= 11 is 5.06. The predicted octanol–water partition coefficient (Wildman–Crippen LogP) is 3.24. The smallest absolute Gasteiger partial charge is 0.136 e. The van der Waals surface area contributed by atoms with Crippen LogP contribution in [0.15, 0.2) is 42.5 Å². The molecule has 4 heteroatoms. The van der Waals surface area contributed by atoms with E-state index in [0.717, 1.165) is 23.6 Å². The second-order valence-corrected chi connectivity index (χ2v) is 5.35. The number of anilines is 1. The summed E-state index contributed by atoms with van der Waals surface area (Å²) in [5.74, 6) is 1.15. The van der Waals surface area contributed by atoms with Crippen LogP contribution in [0.1, 0.15) is 29.7 Å². The van der Waals surface area contributed by atoms with E-state index in [2.05, 4.69) is 41.5 Å². The maximum absolute atomic E-state index is 5.73. The molecule has 1 aromatic heterocycles. The third-order valence-electron chi connectivity index (χ3n) is 3.24. The molecular weight excluding hydrogens is 266 g/mol. The van der Waals surface area contributed by atoms with Crippen molar-refractivity contribution in [3.63, 3.8) is 0 Å². The number of aryl methyl sites for hydroxylation is 1. The normalized spacial score (nSPS) is 11.9. The number of thiocarbonyl (C=S) groups is 1. The van der Waals surface area contributed by atoms with Gasteiger partial charge in [-0.05, 0) is 30.5 Å². The summed E-state index contributed by atoms with van der Waals surface area (Å²) in [6.45, 7) is 4.92. The third kappa shape index (κ3) is 3.54. The molecule has 0 aliphatic carbocycles. The maximum atomic E-state index is 5.73. The number of hydrogen-bond donors (Lipinski definition) is 2. The Morgan fingerprint density at radius 1 is 1.25 bits per heavy atom. The lowest BCUT2D eigenvalue weighted by atomic mass is 10.0. The lowest BCUT2D eigenvalue weighted by molar-refractivity contribution is 0.801. The summed E-state index contributed by atoms with van der Waals surface area (Å²) in [7, 11) is 0. The zero-order valence-electron chi connectivity index (χ0n) is 11.8. The highest BCUT2D eigenvalue weighted by Crippen LogP contribution is 2.18. The van der Waals surface area contributed by atoms with Crippen LogP contribution in [-0.4, -0.2) is 16.5 Å². The van der Waals surface area contributed by atoms with Crippen LogP contribution in [0.25, 0.3) is 0 Å². The van der Waals surface area contributed by atoms with Crippen molar-refractivity contribution >= 4 is 23.0 Å². The van der Waals surface area contributed by atoms with Crippen LogP contribution in [0, 0.1) is 6.92 Å². The van der Waals surface area contributed by atoms with Gasteiger partial charge in [0.25, 0.3) is 0 Å². The predicted molar refractivity (Wildman–Crippen MR) is 88.2 cm³/mol. The molecule has 0 aliphatic rings. The van der Waals surface area contributed by atoms with Crippen molar-refractivity contribution in [3.8, 4) is 0 Å². The first-order valence-corrected chi connectivity index (χ1v) is 7.05. The van der Waals surface area contributed by atoms with Gasteiger partial charge >= 0.3 is 0 Å². The number of rotatable bonds is 5. The Kier molecular flexibility index (Phi) is 4.69. The number of benzene rings is 1. The minimum atomic E-state index is 0.368. The van der Waals surface area contributed by atoms with Crippen LogP contribution >= 0.6 is 12.2 Å². The Morgan fingerprint density at radius 2 is 1.95 bits per heavy atom. The summed E-state index contributed by atoms with van der Waals surface area (Å²) in [6, 6.07) is 14.2. The Morgan fingerprint density at radius 3 is 2.60 bits per heavy atom. The highest BCUT2D eigenvalue weighted by molar-refractivity contribution is 7.80. The van der Waals surface area contributed by atoms with Crippen molar-refractivity contribution in [3.05, 3.63) is 59.3 Å². The van der Waals surface area contributed by atoms with Gasteiger partial charge in [-0.15, -0.1) is 0 Å². The number of aromatic nitrogens is 1. The summed E-state index contributed by atoms with van der Waals surface area (Å²) in [5, 5.41) is 3.36. The van der Waals surface area contributed by atoms with Crippen LogP contribution in [-0.2, 0) is 0 Å². The van der Waals surface area contributed by atoms with Crippen molar-refractivity contribution in [2.75, 3.05) is 11.9 Å². The van der Waals surface area contributed by atoms with Crippen molar-refractivity contribution in [1.82, 2.24) is 4.98 Å². The molecule has 0 fully saturated rings. The summed E-state index contributed by atoms with van der Waals surface area (Å²) in [4.78, 5) is 4.85. The van der Waals surface area contributed by atoms with Crippen molar-refractivity contribution in [2.24, 2.45) is 5.73 Å². The number of nitrogens with one attached hydrogen (secondary N) is 1. The van der Waals surface area contributed by atoms with Crippen LogP contribution < -0.4 is 11.1 Å². The molecule has 20 heavy (non-hydrogen) atoms. The minimum Gasteiger partial charge on any atom is -0.389 e. The highest BCUT2D eigenvalue weighted by Gasteiger charge is 2.09. The van der Waals surface area contributed by atoms with E-state index >= 15 is 0 Å². The van der Waals surface area contributed by atoms with Crippen molar-refractivity contribution < 1.29 is 0 Å². The fourth-order valence-corrected chi connectivity index (χ4v) is 2.20. The molecule has 0 bridgehead atoms. The van der Waals surface area contributed by atoms with Gasteiger partial charge in [0.1, 0.15) is 10.8 Å². The average Bonchev–Trinajstić information content (AvgIpc) is 2.45. The van der Waals surface area contributed by atoms with E-state index in [-0.39, 0.29) is 0 Å². The molecule has 3 N–H and O–H groups in total. The van der Waals surface area contributed by atoms with E-state index in [1.807, 2.05) is 25.1 Å². The summed E-state index contributed by atoms with van der Waals surface area (Å²) in [5.41, 5.74) is 8.77. The molecule has 0 saturated carbocycles. The van der Waals surface area contributed by atoms with Gasteiger partial charge in [0.2, 0.25) is 0 Å². The third-order valence-corrected chi connectivity index (χ3v) is 3.46. The van der Waals surface area contributed by atoms with Gasteiger partial charge in [0, 0.05) is 12.2 Å². The molecule has 0 spiro atoms. The van der Waals surface area contributed by atoms with Gasteiger partial charge in [-0.3, -0.25) is 0 Å². The van der Waals surface area contributed by atoms with E-state index in [9.17, 15) is 0 Å². The van der Waals surface area contributed by atoms with Gasteiger partial charge in [-0.25, -0.2) is 4.98 Å². The fourth-order valence-electron chi connectivity index (χ4n) is 2.04. The molecule has 0 amide bonds. The van der Waals surface area contributed by atoms with E-state index in [0.29, 0.717) is 10.9 Å². The number of pyridine rings is 1. The second kappa shape index (κ2) is 6.48. The molecule has 2 rings (SSSR count). The van der Waals surface area contributed by atoms with Gasteiger partial charge in [-0.1, -0.05) is 49.5 Å². The topological polar surface area (TPSA) is 50.9 Å². The molecule has 2 aromatic rings. The van der Waals surface area contributed by atoms with Crippen LogP contribution in [0.3, 0.4) is 0 Å². The second-order valence-electron chi connectivity index (χ2n) is 4.91. The molecule has 0 saturated heterocycles. The molecule has 1 unspecified atom stereocenters. The highest BCUT2D eigenvalue weighted by atomic mass is 32.1. The minimum absolute atomic E-state index is 0.368. The average molecular weight is 285 g/mol. The largest absolute Gasteiger partial charge is 0.389 e. The first-order valence-electron chi connectivity index (χ1n) is 6.64. The number of nitrogens with two attached hydrogens (primary N) is 1. The first-order chi connectivity index (χ1) is 9.58. The molecular formula is C16H19N3S. The first kappa shape index (κ1) is 14.5. The number of hydrogen-bond acceptors (Lipinski definition) is 3. The molecule has 0 aliphatic heterocycles. The fraction of sp³-hybridized carbons (Fsp3) is 0.250. The lowest BCUT2D eigenvalue weighted by Crippen LogP contribution is -2.17. The van der Waals surface area contributed by atoms with Crippen LogP contribution in [0.5, 0.6) is 0 Å². The Hall–Kier alpha value is -1.94. The molecule has 104 valence electrons. The Bertz CT molecular complexity index is 596. The number of nitrogens with zero attached hydrogens (tertiary/aromatic N) is 1. The van der Waals surface area contributed by atoms with Crippen LogP contribution in [0.2, 0.25) is 0 Å². The SMILES string of the molecule is Cc1ccc(C(N)=S)c(NCC(C)c2ccccc2)n1. The molecule has 0 radical (unpaired) electrons. The van der Waals surface area contributed by atoms with Gasteiger partial charge in [-0.2, -0.15) is 0 Å². The standard InChI is InChI=1S/C16H19N3S/c1-11(13-6-4-3-5-7-13)10-18-16-14(15(17)20)9-8-12(2)19-16/h3-9,11H,10H2,1-2H3,(H2,17,20)(H,18,19). The van der Waals surface area contributed by atoms with E-state index in [4.69, 9.17) is 18.0 Å². The van der Waals surface area contributed by atoms with E-state index in [1.54, 1.807) is 0 Å². The summed E-state index contributed by atoms with van der Waals surface area (Å²) < 4.78 is 0. The lowest BCUT2D eigenvalue weighted by Gasteiger charge is -2.15. The van der Waals surface area contributed by atoms with Crippen molar-refractivity contribution in [2.45, 2.75) is 19.8 Å². The van der Waals surface area contributed by atoms with Gasteiger partial charge in [0.05, 0.1) is 5.56 Å². The maximum Gasteiger partial charge on any atom is 0.136 e. The Labute approximate surface area is 125 Å².